The number of quaternary nitrogens is 1. The molecule has 0 aliphatic carbocycles. The molecule has 5 nitrogen and oxygen atoms in total. The van der Waals surface area contributed by atoms with Gasteiger partial charge in [0.25, 0.3) is 5.91 Å². The van der Waals surface area contributed by atoms with Gasteiger partial charge in [-0.05, 0) is 60.9 Å². The van der Waals surface area contributed by atoms with Gasteiger partial charge in [-0.3, -0.25) is 14.6 Å². The average molecular weight is 458 g/mol. The van der Waals surface area contributed by atoms with Crippen LogP contribution < -0.4 is 17.7 Å². The standard InChI is InChI=1S/C26H35N3O2.ClH/c1-4-5-6-7-8-9-19-29(2,3)21-26(31)28-24-15-13-23(14-16-24)25(30)17-12-22-11-10-18-27-20-22;/h10-18,20H,4-9,19,21H2,1-3H3;1H/b17-12+;. The summed E-state index contributed by atoms with van der Waals surface area (Å²) in [5, 5.41) is 2.95. The fourth-order valence-electron chi connectivity index (χ4n) is 3.45. The second-order valence-electron chi connectivity index (χ2n) is 8.69. The van der Waals surface area contributed by atoms with E-state index >= 15 is 0 Å². The third kappa shape index (κ3) is 10.7. The summed E-state index contributed by atoms with van der Waals surface area (Å²) in [6, 6.07) is 10.7. The molecule has 0 atom stereocenters. The van der Waals surface area contributed by atoms with Gasteiger partial charge < -0.3 is 22.2 Å². The summed E-state index contributed by atoms with van der Waals surface area (Å²) in [5.41, 5.74) is 2.16. The molecule has 0 saturated heterocycles. The Labute approximate surface area is 198 Å². The lowest BCUT2D eigenvalue weighted by molar-refractivity contribution is -0.882. The largest absolute Gasteiger partial charge is 1.00 e. The van der Waals surface area contributed by atoms with E-state index in [4.69, 9.17) is 0 Å². The van der Waals surface area contributed by atoms with E-state index in [1.54, 1.807) is 42.7 Å². The topological polar surface area (TPSA) is 59.1 Å². The minimum atomic E-state index is -0.0848. The molecule has 2 rings (SSSR count). The van der Waals surface area contributed by atoms with Gasteiger partial charge >= 0.3 is 0 Å². The average Bonchev–Trinajstić information content (AvgIpc) is 2.75. The van der Waals surface area contributed by atoms with Crippen molar-refractivity contribution in [2.75, 3.05) is 32.5 Å². The zero-order valence-corrected chi connectivity index (χ0v) is 20.3. The molecule has 6 heteroatoms. The predicted molar refractivity (Wildman–Crippen MR) is 128 cm³/mol. The zero-order valence-electron chi connectivity index (χ0n) is 19.5. The summed E-state index contributed by atoms with van der Waals surface area (Å²) in [6.45, 7) is 3.66. The van der Waals surface area contributed by atoms with Gasteiger partial charge in [-0.15, -0.1) is 0 Å². The summed E-state index contributed by atoms with van der Waals surface area (Å²) >= 11 is 0. The van der Waals surface area contributed by atoms with Crippen LogP contribution in [0.25, 0.3) is 6.08 Å². The molecule has 1 heterocycles. The predicted octanol–water partition coefficient (Wildman–Crippen LogP) is 2.36. The fraction of sp³-hybridized carbons (Fsp3) is 0.423. The second kappa shape index (κ2) is 14.5. The van der Waals surface area contributed by atoms with E-state index in [0.717, 1.165) is 18.5 Å². The molecule has 0 aliphatic heterocycles. The SMILES string of the molecule is CCCCCCCC[N+](C)(C)CC(=O)Nc1ccc(C(=O)/C=C/c2cccnc2)cc1.[Cl-]. The summed E-state index contributed by atoms with van der Waals surface area (Å²) in [7, 11) is 4.20. The molecule has 1 aromatic heterocycles. The van der Waals surface area contributed by atoms with E-state index in [1.165, 1.54) is 38.2 Å². The van der Waals surface area contributed by atoms with Crippen LogP contribution in [0.15, 0.2) is 54.9 Å². The fourth-order valence-corrected chi connectivity index (χ4v) is 3.45. The van der Waals surface area contributed by atoms with Gasteiger partial charge in [-0.25, -0.2) is 0 Å². The van der Waals surface area contributed by atoms with Crippen LogP contribution >= 0.6 is 0 Å². The molecule has 0 saturated carbocycles. The first-order valence-electron chi connectivity index (χ1n) is 11.2. The molecule has 2 aromatic rings. The summed E-state index contributed by atoms with van der Waals surface area (Å²) in [5.74, 6) is -0.0926. The Morgan fingerprint density at radius 3 is 2.34 bits per heavy atom. The number of allylic oxidation sites excluding steroid dienone is 1. The number of hydrogen-bond acceptors (Lipinski definition) is 3. The normalized spacial score (nSPS) is 11.2. The molecule has 1 aromatic carbocycles. The molecule has 1 N–H and O–H groups in total. The molecule has 0 fully saturated rings. The molecule has 0 radical (unpaired) electrons. The number of hydrogen-bond donors (Lipinski definition) is 1. The first-order valence-corrected chi connectivity index (χ1v) is 11.2. The summed E-state index contributed by atoms with van der Waals surface area (Å²) in [4.78, 5) is 28.8. The molecule has 174 valence electrons. The van der Waals surface area contributed by atoms with Gasteiger partial charge in [0.2, 0.25) is 0 Å². The van der Waals surface area contributed by atoms with Crippen molar-refractivity contribution < 1.29 is 26.5 Å². The number of carbonyl (C=O) groups excluding carboxylic acids is 2. The van der Waals surface area contributed by atoms with Crippen molar-refractivity contribution in [2.45, 2.75) is 45.4 Å². The van der Waals surface area contributed by atoms with E-state index in [1.807, 2.05) is 12.1 Å². The van der Waals surface area contributed by atoms with Crippen molar-refractivity contribution in [1.29, 1.82) is 0 Å². The number of halogens is 1. The number of benzene rings is 1. The zero-order chi connectivity index (χ0) is 22.5. The second-order valence-corrected chi connectivity index (χ2v) is 8.69. The molecule has 0 spiro atoms. The Bertz CT molecular complexity index is 849. The van der Waals surface area contributed by atoms with Crippen molar-refractivity contribution >= 4 is 23.5 Å². The van der Waals surface area contributed by atoms with Crippen LogP contribution in [0.4, 0.5) is 5.69 Å². The van der Waals surface area contributed by atoms with Crippen molar-refractivity contribution in [3.63, 3.8) is 0 Å². The number of ketones is 1. The van der Waals surface area contributed by atoms with E-state index in [9.17, 15) is 9.59 Å². The monoisotopic (exact) mass is 457 g/mol. The number of unbranched alkanes of at least 4 members (excludes halogenated alkanes) is 5. The summed E-state index contributed by atoms with van der Waals surface area (Å²) < 4.78 is 0.676. The van der Waals surface area contributed by atoms with Crippen LogP contribution in [-0.2, 0) is 4.79 Å². The Morgan fingerprint density at radius 2 is 1.69 bits per heavy atom. The van der Waals surface area contributed by atoms with E-state index in [2.05, 4.69) is 31.3 Å². The molecular weight excluding hydrogens is 422 g/mol. The lowest BCUT2D eigenvalue weighted by atomic mass is 10.1. The number of nitrogens with zero attached hydrogens (tertiary/aromatic N) is 2. The van der Waals surface area contributed by atoms with Gasteiger partial charge in [-0.2, -0.15) is 0 Å². The van der Waals surface area contributed by atoms with E-state index < -0.39 is 0 Å². The van der Waals surface area contributed by atoms with Crippen LogP contribution in [0.3, 0.4) is 0 Å². The number of rotatable bonds is 13. The number of carbonyl (C=O) groups is 2. The Balaban J connectivity index is 0.00000512. The van der Waals surface area contributed by atoms with E-state index in [0.29, 0.717) is 22.3 Å². The van der Waals surface area contributed by atoms with Crippen LogP contribution in [0, 0.1) is 0 Å². The molecule has 32 heavy (non-hydrogen) atoms. The lowest BCUT2D eigenvalue weighted by Crippen LogP contribution is -3.00. The smallest absolute Gasteiger partial charge is 0.279 e. The van der Waals surface area contributed by atoms with Crippen molar-refractivity contribution in [3.05, 3.63) is 66.0 Å². The molecule has 0 unspecified atom stereocenters. The number of aromatic nitrogens is 1. The van der Waals surface area contributed by atoms with Crippen LogP contribution in [0.2, 0.25) is 0 Å². The van der Waals surface area contributed by atoms with Gasteiger partial charge in [0.05, 0.1) is 20.6 Å². The van der Waals surface area contributed by atoms with Crippen molar-refractivity contribution in [3.8, 4) is 0 Å². The third-order valence-electron chi connectivity index (χ3n) is 5.25. The lowest BCUT2D eigenvalue weighted by Gasteiger charge is -2.29. The number of nitrogens with one attached hydrogen (secondary N) is 1. The highest BCUT2D eigenvalue weighted by Gasteiger charge is 2.19. The van der Waals surface area contributed by atoms with Crippen molar-refractivity contribution in [2.24, 2.45) is 0 Å². The Hall–Kier alpha value is -2.50. The first-order chi connectivity index (χ1) is 14.9. The minimum absolute atomic E-state index is 0. The van der Waals surface area contributed by atoms with Crippen LogP contribution in [0.5, 0.6) is 0 Å². The minimum Gasteiger partial charge on any atom is -1.00 e. The maximum absolute atomic E-state index is 12.5. The Kier molecular flexibility index (Phi) is 12.5. The van der Waals surface area contributed by atoms with Gasteiger partial charge in [0, 0.05) is 23.6 Å². The summed E-state index contributed by atoms with van der Waals surface area (Å²) in [6.07, 6.45) is 14.2. The number of amides is 1. The maximum atomic E-state index is 12.5. The van der Waals surface area contributed by atoms with Gasteiger partial charge in [-0.1, -0.05) is 38.7 Å². The quantitative estimate of drug-likeness (QED) is 0.217. The Morgan fingerprint density at radius 1 is 1.00 bits per heavy atom. The van der Waals surface area contributed by atoms with Gasteiger partial charge in [0.15, 0.2) is 12.3 Å². The highest BCUT2D eigenvalue weighted by molar-refractivity contribution is 6.07. The van der Waals surface area contributed by atoms with Crippen LogP contribution in [0.1, 0.15) is 61.4 Å². The molecule has 0 aliphatic rings. The molecule has 1 amide bonds. The number of pyridine rings is 1. The van der Waals surface area contributed by atoms with Crippen molar-refractivity contribution in [1.82, 2.24) is 4.98 Å². The van der Waals surface area contributed by atoms with Gasteiger partial charge in [0.1, 0.15) is 0 Å². The number of anilines is 1. The van der Waals surface area contributed by atoms with Crippen LogP contribution in [-0.4, -0.2) is 48.3 Å². The molecule has 0 bridgehead atoms. The highest BCUT2D eigenvalue weighted by Crippen LogP contribution is 2.13. The molecular formula is C26H36ClN3O2. The highest BCUT2D eigenvalue weighted by atomic mass is 35.5. The van der Waals surface area contributed by atoms with E-state index in [-0.39, 0.29) is 24.1 Å². The third-order valence-corrected chi connectivity index (χ3v) is 5.25. The number of likely N-dealkylation sites (N-methyl/N-ethyl adjacent to an activating group) is 1. The first kappa shape index (κ1) is 27.5. The maximum Gasteiger partial charge on any atom is 0.279 e.